The molecule has 1 saturated heterocycles. The van der Waals surface area contributed by atoms with Gasteiger partial charge in [0.1, 0.15) is 12.4 Å². The highest BCUT2D eigenvalue weighted by Gasteiger charge is 2.25. The van der Waals surface area contributed by atoms with E-state index in [-0.39, 0.29) is 29.0 Å². The molecule has 0 saturated carbocycles. The second kappa shape index (κ2) is 9.80. The Morgan fingerprint density at radius 1 is 1.03 bits per heavy atom. The lowest BCUT2D eigenvalue weighted by molar-refractivity contribution is 0.0947. The number of rotatable bonds is 7. The van der Waals surface area contributed by atoms with Crippen molar-refractivity contribution in [1.29, 1.82) is 0 Å². The molecule has 29 heavy (non-hydrogen) atoms. The fourth-order valence-corrected chi connectivity index (χ4v) is 5.08. The highest BCUT2D eigenvalue weighted by atomic mass is 35.5. The minimum atomic E-state index is -3.45. The Kier molecular flexibility index (Phi) is 7.40. The molecule has 2 aromatic rings. The van der Waals surface area contributed by atoms with E-state index in [1.807, 2.05) is 0 Å². The van der Waals surface area contributed by atoms with Gasteiger partial charge in [0.05, 0.1) is 22.0 Å². The van der Waals surface area contributed by atoms with Gasteiger partial charge in [-0.15, -0.1) is 0 Å². The van der Waals surface area contributed by atoms with Gasteiger partial charge in [0.2, 0.25) is 10.0 Å². The summed E-state index contributed by atoms with van der Waals surface area (Å²) < 4.78 is 32.4. The molecule has 1 N–H and O–H groups in total. The van der Waals surface area contributed by atoms with Crippen LogP contribution < -0.4 is 10.1 Å². The van der Waals surface area contributed by atoms with Crippen molar-refractivity contribution in [3.05, 3.63) is 58.1 Å². The maximum atomic E-state index is 12.6. The van der Waals surface area contributed by atoms with Crippen LogP contribution in [0.4, 0.5) is 0 Å². The number of carbonyl (C=O) groups excluding carboxylic acids is 1. The van der Waals surface area contributed by atoms with Crippen molar-refractivity contribution in [2.45, 2.75) is 24.2 Å². The second-order valence-electron chi connectivity index (χ2n) is 6.66. The molecule has 6 nitrogen and oxygen atoms in total. The molecule has 0 radical (unpaired) electrons. The van der Waals surface area contributed by atoms with Crippen LogP contribution in [0.25, 0.3) is 0 Å². The molecule has 0 unspecified atom stereocenters. The Balaban J connectivity index is 1.49. The molecule has 0 aliphatic carbocycles. The molecule has 9 heteroatoms. The maximum absolute atomic E-state index is 12.6. The molecule has 1 aliphatic heterocycles. The fourth-order valence-electron chi connectivity index (χ4n) is 3.06. The number of ether oxygens (including phenoxy) is 1. The van der Waals surface area contributed by atoms with Gasteiger partial charge in [0, 0.05) is 18.1 Å². The third-order valence-electron chi connectivity index (χ3n) is 4.61. The first-order valence-electron chi connectivity index (χ1n) is 9.34. The fraction of sp³-hybridized carbons (Fsp3) is 0.350. The average molecular weight is 457 g/mol. The predicted molar refractivity (Wildman–Crippen MR) is 113 cm³/mol. The zero-order valence-electron chi connectivity index (χ0n) is 15.7. The topological polar surface area (TPSA) is 75.7 Å². The molecule has 3 rings (SSSR count). The maximum Gasteiger partial charge on any atom is 0.252 e. The molecule has 0 atom stereocenters. The van der Waals surface area contributed by atoms with E-state index >= 15 is 0 Å². The van der Waals surface area contributed by atoms with Crippen molar-refractivity contribution in [1.82, 2.24) is 9.62 Å². The van der Waals surface area contributed by atoms with Crippen molar-refractivity contribution in [3.63, 3.8) is 0 Å². The zero-order chi connectivity index (χ0) is 20.9. The van der Waals surface area contributed by atoms with Crippen LogP contribution in [0.1, 0.15) is 29.6 Å². The third-order valence-corrected chi connectivity index (χ3v) is 7.07. The summed E-state index contributed by atoms with van der Waals surface area (Å²) >= 11 is 11.8. The molecule has 1 heterocycles. The summed E-state index contributed by atoms with van der Waals surface area (Å²) in [5.41, 5.74) is 0.336. The third kappa shape index (κ3) is 5.63. The van der Waals surface area contributed by atoms with E-state index in [0.717, 1.165) is 19.3 Å². The van der Waals surface area contributed by atoms with Crippen molar-refractivity contribution < 1.29 is 17.9 Å². The quantitative estimate of drug-likeness (QED) is 0.639. The minimum Gasteiger partial charge on any atom is -0.492 e. The Labute approximate surface area is 180 Å². The van der Waals surface area contributed by atoms with Crippen LogP contribution in [0.5, 0.6) is 5.75 Å². The van der Waals surface area contributed by atoms with Gasteiger partial charge >= 0.3 is 0 Å². The Bertz CT molecular complexity index is 959. The normalized spacial score (nSPS) is 15.1. The molecular formula is C20H22Cl2N2O4S. The van der Waals surface area contributed by atoms with Crippen LogP contribution in [0.15, 0.2) is 47.4 Å². The first kappa shape index (κ1) is 21.9. The molecule has 0 aromatic heterocycles. The van der Waals surface area contributed by atoms with Gasteiger partial charge in [-0.1, -0.05) is 29.6 Å². The molecule has 1 fully saturated rings. The van der Waals surface area contributed by atoms with Gasteiger partial charge in [-0.2, -0.15) is 4.31 Å². The number of halogens is 2. The van der Waals surface area contributed by atoms with Gasteiger partial charge in [0.25, 0.3) is 5.91 Å². The molecule has 0 spiro atoms. The first-order valence-corrected chi connectivity index (χ1v) is 11.5. The lowest BCUT2D eigenvalue weighted by atomic mass is 10.2. The number of carbonyl (C=O) groups is 1. The van der Waals surface area contributed by atoms with E-state index in [4.69, 9.17) is 27.9 Å². The average Bonchev–Trinajstić information content (AvgIpc) is 2.72. The van der Waals surface area contributed by atoms with Crippen molar-refractivity contribution >= 4 is 39.1 Å². The summed E-state index contributed by atoms with van der Waals surface area (Å²) in [6, 6.07) is 11.0. The van der Waals surface area contributed by atoms with Gasteiger partial charge in [-0.05, 0) is 55.3 Å². The van der Waals surface area contributed by atoms with Gasteiger partial charge in [-0.3, -0.25) is 4.79 Å². The Hall–Kier alpha value is -1.80. The van der Waals surface area contributed by atoms with Crippen molar-refractivity contribution in [2.75, 3.05) is 26.2 Å². The van der Waals surface area contributed by atoms with Crippen molar-refractivity contribution in [3.8, 4) is 5.75 Å². The number of amides is 1. The molecule has 156 valence electrons. The number of hydrogen-bond donors (Lipinski definition) is 1. The molecule has 1 amide bonds. The van der Waals surface area contributed by atoms with Crippen LogP contribution in [0.2, 0.25) is 10.0 Å². The first-order chi connectivity index (χ1) is 13.9. The summed E-state index contributed by atoms with van der Waals surface area (Å²) in [6.07, 6.45) is 2.86. The lowest BCUT2D eigenvalue weighted by Crippen LogP contribution is -2.35. The van der Waals surface area contributed by atoms with E-state index in [1.165, 1.54) is 10.4 Å². The number of benzene rings is 2. The minimum absolute atomic E-state index is 0.231. The van der Waals surface area contributed by atoms with Crippen molar-refractivity contribution in [2.24, 2.45) is 0 Å². The van der Waals surface area contributed by atoms with E-state index in [0.29, 0.717) is 29.4 Å². The van der Waals surface area contributed by atoms with Gasteiger partial charge < -0.3 is 10.1 Å². The predicted octanol–water partition coefficient (Wildman–Crippen LogP) is 3.98. The number of piperidine rings is 1. The summed E-state index contributed by atoms with van der Waals surface area (Å²) in [4.78, 5) is 12.4. The van der Waals surface area contributed by atoms with E-state index in [1.54, 1.807) is 36.4 Å². The monoisotopic (exact) mass is 456 g/mol. The molecule has 1 aliphatic rings. The van der Waals surface area contributed by atoms with Crippen LogP contribution >= 0.6 is 23.2 Å². The largest absolute Gasteiger partial charge is 0.492 e. The van der Waals surface area contributed by atoms with Crippen LogP contribution in [0, 0.1) is 0 Å². The molecular weight excluding hydrogens is 435 g/mol. The van der Waals surface area contributed by atoms with E-state index in [9.17, 15) is 13.2 Å². The van der Waals surface area contributed by atoms with Crippen LogP contribution in [-0.4, -0.2) is 44.9 Å². The SMILES string of the molecule is O=C(NCCOc1ccc(S(=O)(=O)N2CCCCC2)cc1)c1ccc(Cl)cc1Cl. The molecule has 0 bridgehead atoms. The number of nitrogens with one attached hydrogen (secondary N) is 1. The zero-order valence-corrected chi connectivity index (χ0v) is 18.1. The Morgan fingerprint density at radius 2 is 1.72 bits per heavy atom. The smallest absolute Gasteiger partial charge is 0.252 e. The molecule has 2 aromatic carbocycles. The highest BCUT2D eigenvalue weighted by molar-refractivity contribution is 7.89. The number of sulfonamides is 1. The number of hydrogen-bond acceptors (Lipinski definition) is 4. The summed E-state index contributed by atoms with van der Waals surface area (Å²) in [5.74, 6) is 0.208. The summed E-state index contributed by atoms with van der Waals surface area (Å²) in [7, 11) is -3.45. The van der Waals surface area contributed by atoms with E-state index < -0.39 is 10.0 Å². The standard InChI is InChI=1S/C20H22Cl2N2O4S/c21-15-4-9-18(19(22)14-15)20(25)23-10-13-28-16-5-7-17(8-6-16)29(26,27)24-11-2-1-3-12-24/h4-9,14H,1-3,10-13H2,(H,23,25). The number of nitrogens with zero attached hydrogens (tertiary/aromatic N) is 1. The van der Waals surface area contributed by atoms with Gasteiger partial charge in [-0.25, -0.2) is 8.42 Å². The van der Waals surface area contributed by atoms with Crippen LogP contribution in [0.3, 0.4) is 0 Å². The lowest BCUT2D eigenvalue weighted by Gasteiger charge is -2.25. The summed E-state index contributed by atoms with van der Waals surface area (Å²) in [5, 5.41) is 3.45. The van der Waals surface area contributed by atoms with E-state index in [2.05, 4.69) is 5.32 Å². The van der Waals surface area contributed by atoms with Crippen LogP contribution in [-0.2, 0) is 10.0 Å². The van der Waals surface area contributed by atoms with Gasteiger partial charge in [0.15, 0.2) is 0 Å². The summed E-state index contributed by atoms with van der Waals surface area (Å²) in [6.45, 7) is 1.64. The highest BCUT2D eigenvalue weighted by Crippen LogP contribution is 2.23. The second-order valence-corrected chi connectivity index (χ2v) is 9.45. The Morgan fingerprint density at radius 3 is 2.38 bits per heavy atom.